The lowest BCUT2D eigenvalue weighted by molar-refractivity contribution is -0.00530. The monoisotopic (exact) mass is 868 g/mol. The molecule has 4 aromatic carbocycles. The molecule has 8 bridgehead atoms. The van der Waals surface area contributed by atoms with Crippen LogP contribution < -0.4 is 16.9 Å². The third-order valence-corrected chi connectivity index (χ3v) is 17.6. The van der Waals surface area contributed by atoms with E-state index in [0.29, 0.717) is 10.8 Å². The molecule has 4 N–H and O–H groups in total. The van der Waals surface area contributed by atoms with Crippen molar-refractivity contribution < 1.29 is 9.31 Å². The van der Waals surface area contributed by atoms with Crippen molar-refractivity contribution in [3.63, 3.8) is 0 Å². The maximum absolute atomic E-state index is 6.22. The first kappa shape index (κ1) is 42.3. The molecule has 1 heterocycles. The SMILES string of the molecule is CC1(C)OB(c2ccc(C34CC5CC(CC(C5)C3)C4)cc2)OC1(C)C.Cc1cc(-c2ccc(C34CC5CC(CC(C5)C3)C4)cc2)cc(C)c1N.Cc1cc(Br)cc(C)c1N. The van der Waals surface area contributed by atoms with Crippen LogP contribution in [0.1, 0.15) is 138 Å². The number of hydrogen-bond donors (Lipinski definition) is 2. The van der Waals surface area contributed by atoms with Crippen LogP contribution in [0, 0.1) is 63.2 Å². The second kappa shape index (κ2) is 15.6. The Labute approximate surface area is 370 Å². The molecule has 13 rings (SSSR count). The number of anilines is 2. The fourth-order valence-corrected chi connectivity index (χ4v) is 14.7. The molecule has 9 fully saturated rings. The first-order valence-corrected chi connectivity index (χ1v) is 24.1. The average molecular weight is 870 g/mol. The third-order valence-electron chi connectivity index (χ3n) is 17.1. The zero-order valence-electron chi connectivity index (χ0n) is 37.8. The smallest absolute Gasteiger partial charge is 0.399 e. The normalized spacial score (nSPS) is 32.3. The van der Waals surface area contributed by atoms with Crippen molar-refractivity contribution in [3.8, 4) is 11.1 Å². The first-order valence-electron chi connectivity index (χ1n) is 23.4. The van der Waals surface area contributed by atoms with Crippen LogP contribution in [0.5, 0.6) is 0 Å². The molecule has 60 heavy (non-hydrogen) atoms. The lowest BCUT2D eigenvalue weighted by atomic mass is 9.48. The van der Waals surface area contributed by atoms with Crippen LogP contribution in [0.3, 0.4) is 0 Å². The number of halogens is 1. The number of nitrogens with two attached hydrogens (primary N) is 2. The van der Waals surface area contributed by atoms with Gasteiger partial charge in [-0.15, -0.1) is 0 Å². The third kappa shape index (κ3) is 7.94. The highest BCUT2D eigenvalue weighted by Gasteiger charge is 2.54. The van der Waals surface area contributed by atoms with E-state index in [1.165, 1.54) is 99.3 Å². The average Bonchev–Trinajstić information content (AvgIpc) is 3.41. The molecule has 0 atom stereocenters. The summed E-state index contributed by atoms with van der Waals surface area (Å²) in [5.41, 5.74) is 25.7. The maximum Gasteiger partial charge on any atom is 0.494 e. The largest absolute Gasteiger partial charge is 0.494 e. The van der Waals surface area contributed by atoms with Gasteiger partial charge in [-0.2, -0.15) is 0 Å². The van der Waals surface area contributed by atoms with Crippen molar-refractivity contribution in [2.45, 2.75) is 154 Å². The van der Waals surface area contributed by atoms with Crippen LogP contribution in [-0.2, 0) is 20.1 Å². The van der Waals surface area contributed by atoms with Gasteiger partial charge in [-0.3, -0.25) is 0 Å². The van der Waals surface area contributed by atoms with Gasteiger partial charge in [0.25, 0.3) is 0 Å². The Morgan fingerprint density at radius 3 is 1.15 bits per heavy atom. The molecule has 0 radical (unpaired) electrons. The summed E-state index contributed by atoms with van der Waals surface area (Å²) in [4.78, 5) is 0. The number of rotatable bonds is 4. The molecule has 8 aliphatic carbocycles. The quantitative estimate of drug-likeness (QED) is 0.158. The van der Waals surface area contributed by atoms with Crippen LogP contribution in [0.2, 0.25) is 0 Å². The summed E-state index contributed by atoms with van der Waals surface area (Å²) < 4.78 is 13.5. The van der Waals surface area contributed by atoms with E-state index in [9.17, 15) is 0 Å². The standard InChI is InChI=1S/C24H29N.C22H31BO2.C8H10BrN/c1-15-7-21(8-16(2)23(15)25)20-3-5-22(6-4-20)24-12-17-9-18(13-24)11-19(10-17)14-24;1-20(2)21(3,4)25-23(24-20)19-7-5-18(6-8-19)22-12-15-9-16(13-22)11-17(10-15)14-22;1-5-3-7(9)4-6(2)8(5)10/h3-8,17-19H,9-14,25H2,1-2H3;5-8,15-17H,9-14H2,1-4H3;3-4H,10H2,1-2H3. The molecule has 0 aromatic heterocycles. The van der Waals surface area contributed by atoms with E-state index in [2.05, 4.69) is 118 Å². The Balaban J connectivity index is 0.000000126. The molecule has 6 heteroatoms. The van der Waals surface area contributed by atoms with Gasteiger partial charge in [-0.1, -0.05) is 64.5 Å². The number of nitrogen functional groups attached to an aromatic ring is 2. The van der Waals surface area contributed by atoms with E-state index in [1.807, 2.05) is 26.0 Å². The lowest BCUT2D eigenvalue weighted by Gasteiger charge is -2.57. The molecular weight excluding hydrogens is 799 g/mol. The van der Waals surface area contributed by atoms with Crippen molar-refractivity contribution in [1.29, 1.82) is 0 Å². The van der Waals surface area contributed by atoms with Crippen molar-refractivity contribution in [1.82, 2.24) is 0 Å². The van der Waals surface area contributed by atoms with Gasteiger partial charge < -0.3 is 20.8 Å². The van der Waals surface area contributed by atoms with Crippen molar-refractivity contribution in [2.24, 2.45) is 35.5 Å². The molecule has 1 saturated heterocycles. The zero-order valence-corrected chi connectivity index (χ0v) is 39.4. The number of hydrogen-bond acceptors (Lipinski definition) is 4. The molecular formula is C54H70BBrN2O2. The molecule has 0 unspecified atom stereocenters. The molecule has 4 nitrogen and oxygen atoms in total. The minimum absolute atomic E-state index is 0.240. The maximum atomic E-state index is 6.22. The van der Waals surface area contributed by atoms with Crippen LogP contribution in [0.15, 0.2) is 77.3 Å². The molecule has 318 valence electrons. The van der Waals surface area contributed by atoms with Crippen molar-refractivity contribution >= 4 is 39.9 Å². The summed E-state index contributed by atoms with van der Waals surface area (Å²) in [5.74, 6) is 6.01. The van der Waals surface area contributed by atoms with Crippen LogP contribution >= 0.6 is 15.9 Å². The van der Waals surface area contributed by atoms with Crippen LogP contribution in [-0.4, -0.2) is 18.3 Å². The highest BCUT2D eigenvalue weighted by molar-refractivity contribution is 9.10. The summed E-state index contributed by atoms with van der Waals surface area (Å²) in [6.07, 6.45) is 17.7. The van der Waals surface area contributed by atoms with Gasteiger partial charge in [-0.25, -0.2) is 0 Å². The van der Waals surface area contributed by atoms with Crippen molar-refractivity contribution in [3.05, 3.63) is 111 Å². The molecule has 0 spiro atoms. The highest BCUT2D eigenvalue weighted by Crippen LogP contribution is 2.62. The topological polar surface area (TPSA) is 70.5 Å². The van der Waals surface area contributed by atoms with E-state index in [4.69, 9.17) is 20.8 Å². The van der Waals surface area contributed by atoms with Crippen molar-refractivity contribution in [2.75, 3.05) is 11.5 Å². The fraction of sp³-hybridized carbons (Fsp3) is 0.556. The van der Waals surface area contributed by atoms with E-state index in [0.717, 1.165) is 67.9 Å². The fourth-order valence-electron chi connectivity index (χ4n) is 14.0. The predicted molar refractivity (Wildman–Crippen MR) is 256 cm³/mol. The summed E-state index contributed by atoms with van der Waals surface area (Å²) in [6.45, 7) is 16.7. The zero-order chi connectivity index (χ0) is 42.4. The summed E-state index contributed by atoms with van der Waals surface area (Å²) >= 11 is 3.39. The van der Waals surface area contributed by atoms with Gasteiger partial charge in [-0.05, 0) is 253 Å². The molecule has 4 aromatic rings. The Morgan fingerprint density at radius 2 is 0.800 bits per heavy atom. The van der Waals surface area contributed by atoms with Gasteiger partial charge in [0.2, 0.25) is 0 Å². The van der Waals surface area contributed by atoms with Gasteiger partial charge in [0, 0.05) is 15.8 Å². The van der Waals surface area contributed by atoms with Gasteiger partial charge in [0.1, 0.15) is 0 Å². The van der Waals surface area contributed by atoms with E-state index in [-0.39, 0.29) is 18.3 Å². The van der Waals surface area contributed by atoms with Gasteiger partial charge in [0.15, 0.2) is 0 Å². The Hall–Kier alpha value is -3.06. The first-order chi connectivity index (χ1) is 28.4. The van der Waals surface area contributed by atoms with Gasteiger partial charge >= 0.3 is 7.12 Å². The second-order valence-corrected chi connectivity index (χ2v) is 23.1. The van der Waals surface area contributed by atoms with E-state index < -0.39 is 0 Å². The van der Waals surface area contributed by atoms with Crippen LogP contribution in [0.4, 0.5) is 11.4 Å². The van der Waals surface area contributed by atoms with E-state index >= 15 is 0 Å². The Morgan fingerprint density at radius 1 is 0.483 bits per heavy atom. The number of aryl methyl sites for hydroxylation is 4. The second-order valence-electron chi connectivity index (χ2n) is 22.2. The molecule has 1 aliphatic heterocycles. The molecule has 8 saturated carbocycles. The number of benzene rings is 4. The Bertz CT molecular complexity index is 2090. The van der Waals surface area contributed by atoms with Crippen LogP contribution in [0.25, 0.3) is 11.1 Å². The lowest BCUT2D eigenvalue weighted by Crippen LogP contribution is -2.48. The minimum atomic E-state index is -0.268. The summed E-state index contributed by atoms with van der Waals surface area (Å²) in [6, 6.07) is 27.3. The highest BCUT2D eigenvalue weighted by atomic mass is 79.9. The van der Waals surface area contributed by atoms with E-state index in [1.54, 1.807) is 11.1 Å². The minimum Gasteiger partial charge on any atom is -0.399 e. The van der Waals surface area contributed by atoms with Gasteiger partial charge in [0.05, 0.1) is 11.2 Å². The summed E-state index contributed by atoms with van der Waals surface area (Å²) in [5, 5.41) is 0. The predicted octanol–water partition coefficient (Wildman–Crippen LogP) is 13.1. The molecule has 9 aliphatic rings. The Kier molecular flexibility index (Phi) is 11.0. The molecule has 0 amide bonds. The summed E-state index contributed by atoms with van der Waals surface area (Å²) in [7, 11) is -0.240.